The van der Waals surface area contributed by atoms with Gasteiger partial charge in [-0.05, 0) is 57.9 Å². The van der Waals surface area contributed by atoms with Crippen LogP contribution in [0.25, 0.3) is 6.08 Å². The number of hydrazone groups is 1. The van der Waals surface area contributed by atoms with E-state index in [9.17, 15) is 13.2 Å². The molecule has 0 fully saturated rings. The standard InChI is InChI=1S/C22H17BrClN3O3S/c23-18(13-16-7-2-1-3-8-16)15-25-26-22(28)17-9-6-10-19(14-17)31(29,30)27-21-12-5-4-11-20(21)24/h1-15,27H,(H,26,28)/b18-13-,25-15+. The van der Waals surface area contributed by atoms with E-state index in [2.05, 4.69) is 31.2 Å². The Bertz CT molecular complexity index is 1250. The lowest BCUT2D eigenvalue weighted by atomic mass is 10.2. The molecule has 1 amide bonds. The molecule has 9 heteroatoms. The molecule has 0 bridgehead atoms. The second-order valence-electron chi connectivity index (χ2n) is 6.25. The summed E-state index contributed by atoms with van der Waals surface area (Å²) in [6.45, 7) is 0. The van der Waals surface area contributed by atoms with E-state index in [0.29, 0.717) is 4.48 Å². The molecule has 6 nitrogen and oxygen atoms in total. The lowest BCUT2D eigenvalue weighted by molar-refractivity contribution is 0.0955. The van der Waals surface area contributed by atoms with Crippen molar-refractivity contribution in [2.24, 2.45) is 5.10 Å². The smallest absolute Gasteiger partial charge is 0.271 e. The fraction of sp³-hybridized carbons (Fsp3) is 0. The number of benzene rings is 3. The first-order chi connectivity index (χ1) is 14.8. The van der Waals surface area contributed by atoms with Gasteiger partial charge in [0.1, 0.15) is 0 Å². The molecule has 0 radical (unpaired) electrons. The summed E-state index contributed by atoms with van der Waals surface area (Å²) in [6.07, 6.45) is 3.27. The fourth-order valence-corrected chi connectivity index (χ4v) is 4.25. The molecule has 0 aliphatic heterocycles. The van der Waals surface area contributed by atoms with Crippen LogP contribution in [0.3, 0.4) is 0 Å². The van der Waals surface area contributed by atoms with Gasteiger partial charge in [-0.2, -0.15) is 5.10 Å². The Morgan fingerprint density at radius 3 is 2.42 bits per heavy atom. The highest BCUT2D eigenvalue weighted by Crippen LogP contribution is 2.24. The van der Waals surface area contributed by atoms with Gasteiger partial charge in [-0.3, -0.25) is 9.52 Å². The van der Waals surface area contributed by atoms with Gasteiger partial charge in [0.25, 0.3) is 15.9 Å². The maximum Gasteiger partial charge on any atom is 0.271 e. The highest BCUT2D eigenvalue weighted by molar-refractivity contribution is 9.12. The number of carbonyl (C=O) groups excluding carboxylic acids is 1. The van der Waals surface area contributed by atoms with E-state index in [4.69, 9.17) is 11.6 Å². The minimum absolute atomic E-state index is 0.0748. The van der Waals surface area contributed by atoms with E-state index in [-0.39, 0.29) is 21.2 Å². The van der Waals surface area contributed by atoms with Crippen molar-refractivity contribution in [3.8, 4) is 0 Å². The van der Waals surface area contributed by atoms with Gasteiger partial charge >= 0.3 is 0 Å². The molecule has 0 saturated carbocycles. The fourth-order valence-electron chi connectivity index (χ4n) is 2.52. The van der Waals surface area contributed by atoms with Crippen LogP contribution in [0.1, 0.15) is 15.9 Å². The van der Waals surface area contributed by atoms with Crippen molar-refractivity contribution in [2.45, 2.75) is 4.90 Å². The van der Waals surface area contributed by atoms with Crippen molar-refractivity contribution in [3.05, 3.63) is 99.5 Å². The molecule has 0 aliphatic carbocycles. The highest BCUT2D eigenvalue weighted by Gasteiger charge is 2.17. The molecule has 0 saturated heterocycles. The Labute approximate surface area is 193 Å². The topological polar surface area (TPSA) is 87.6 Å². The lowest BCUT2D eigenvalue weighted by Crippen LogP contribution is -2.19. The Kier molecular flexibility index (Phi) is 7.62. The molecule has 2 N–H and O–H groups in total. The third-order valence-electron chi connectivity index (χ3n) is 3.98. The van der Waals surface area contributed by atoms with Crippen molar-refractivity contribution in [1.82, 2.24) is 5.43 Å². The van der Waals surface area contributed by atoms with Crippen LogP contribution >= 0.6 is 27.5 Å². The van der Waals surface area contributed by atoms with Crippen LogP contribution in [0.2, 0.25) is 5.02 Å². The summed E-state index contributed by atoms with van der Waals surface area (Å²) >= 11 is 9.38. The van der Waals surface area contributed by atoms with E-state index in [1.807, 2.05) is 36.4 Å². The third-order valence-corrected chi connectivity index (χ3v) is 6.11. The second-order valence-corrected chi connectivity index (χ2v) is 9.26. The number of halogens is 2. The molecular weight excluding hydrogens is 502 g/mol. The number of nitrogens with zero attached hydrogens (tertiary/aromatic N) is 1. The highest BCUT2D eigenvalue weighted by atomic mass is 79.9. The zero-order valence-corrected chi connectivity index (χ0v) is 19.2. The summed E-state index contributed by atoms with van der Waals surface area (Å²) in [4.78, 5) is 12.3. The Morgan fingerprint density at radius 1 is 0.968 bits per heavy atom. The van der Waals surface area contributed by atoms with E-state index in [1.54, 1.807) is 24.3 Å². The van der Waals surface area contributed by atoms with Crippen LogP contribution in [0, 0.1) is 0 Å². The van der Waals surface area contributed by atoms with Crippen LogP contribution in [0.5, 0.6) is 0 Å². The third kappa shape index (κ3) is 6.52. The van der Waals surface area contributed by atoms with Crippen molar-refractivity contribution in [3.63, 3.8) is 0 Å². The van der Waals surface area contributed by atoms with Gasteiger partial charge in [0.15, 0.2) is 0 Å². The number of allylic oxidation sites excluding steroid dienone is 1. The largest absolute Gasteiger partial charge is 0.278 e. The minimum atomic E-state index is -3.93. The van der Waals surface area contributed by atoms with Gasteiger partial charge in [-0.25, -0.2) is 13.8 Å². The SMILES string of the molecule is O=C(N/N=C/C(Br)=C/c1ccccc1)c1cccc(S(=O)(=O)Nc2ccccc2Cl)c1. The van der Waals surface area contributed by atoms with Gasteiger partial charge < -0.3 is 0 Å². The van der Waals surface area contributed by atoms with Crippen molar-refractivity contribution in [2.75, 3.05) is 4.72 Å². The summed E-state index contributed by atoms with van der Waals surface area (Å²) < 4.78 is 28.4. The maximum absolute atomic E-state index is 12.7. The number of amides is 1. The molecule has 31 heavy (non-hydrogen) atoms. The molecule has 3 aromatic rings. The molecule has 0 spiro atoms. The number of para-hydroxylation sites is 1. The van der Waals surface area contributed by atoms with Crippen LogP contribution < -0.4 is 10.1 Å². The zero-order chi connectivity index (χ0) is 22.3. The molecule has 3 aromatic carbocycles. The molecule has 0 unspecified atom stereocenters. The van der Waals surface area contributed by atoms with E-state index in [1.165, 1.54) is 30.5 Å². The predicted molar refractivity (Wildman–Crippen MR) is 128 cm³/mol. The number of hydrogen-bond donors (Lipinski definition) is 2. The Balaban J connectivity index is 1.70. The van der Waals surface area contributed by atoms with Gasteiger partial charge in [-0.15, -0.1) is 0 Å². The van der Waals surface area contributed by atoms with Gasteiger partial charge in [-0.1, -0.05) is 60.1 Å². The summed E-state index contributed by atoms with van der Waals surface area (Å²) in [5.41, 5.74) is 3.73. The second kappa shape index (κ2) is 10.4. The van der Waals surface area contributed by atoms with Gasteiger partial charge in [0.05, 0.1) is 21.8 Å². The molecule has 0 heterocycles. The number of rotatable bonds is 7. The van der Waals surface area contributed by atoms with E-state index < -0.39 is 15.9 Å². The van der Waals surface area contributed by atoms with Crippen molar-refractivity contribution >= 4 is 61.4 Å². The number of carbonyl (C=O) groups is 1. The normalized spacial score (nSPS) is 12.0. The van der Waals surface area contributed by atoms with Crippen LogP contribution in [0.15, 0.2) is 93.3 Å². The first-order valence-electron chi connectivity index (χ1n) is 8.98. The first-order valence-corrected chi connectivity index (χ1v) is 11.6. The first kappa shape index (κ1) is 22.7. The number of anilines is 1. The lowest BCUT2D eigenvalue weighted by Gasteiger charge is -2.10. The molecular formula is C22H17BrClN3O3S. The summed E-state index contributed by atoms with van der Waals surface area (Å²) in [5.74, 6) is -0.550. The summed E-state index contributed by atoms with van der Waals surface area (Å²) in [5, 5.41) is 4.16. The number of nitrogens with one attached hydrogen (secondary N) is 2. The van der Waals surface area contributed by atoms with E-state index >= 15 is 0 Å². The molecule has 0 aromatic heterocycles. The Hall–Kier alpha value is -2.94. The van der Waals surface area contributed by atoms with E-state index in [0.717, 1.165) is 5.56 Å². The number of hydrogen-bond acceptors (Lipinski definition) is 4. The maximum atomic E-state index is 12.7. The average Bonchev–Trinajstić information content (AvgIpc) is 2.76. The minimum Gasteiger partial charge on any atom is -0.278 e. The monoisotopic (exact) mass is 517 g/mol. The molecule has 0 aliphatic rings. The van der Waals surface area contributed by atoms with Gasteiger partial charge in [0.2, 0.25) is 0 Å². The van der Waals surface area contributed by atoms with Crippen molar-refractivity contribution < 1.29 is 13.2 Å². The number of sulfonamides is 1. The van der Waals surface area contributed by atoms with Crippen LogP contribution in [-0.4, -0.2) is 20.5 Å². The summed E-state index contributed by atoms with van der Waals surface area (Å²) in [6, 6.07) is 21.7. The van der Waals surface area contributed by atoms with Crippen molar-refractivity contribution in [1.29, 1.82) is 0 Å². The predicted octanol–water partition coefficient (Wildman–Crippen LogP) is 5.29. The van der Waals surface area contributed by atoms with Crippen LogP contribution in [-0.2, 0) is 10.0 Å². The quantitative estimate of drug-likeness (QED) is 0.329. The Morgan fingerprint density at radius 2 is 1.68 bits per heavy atom. The zero-order valence-electron chi connectivity index (χ0n) is 16.0. The molecule has 0 atom stereocenters. The molecule has 158 valence electrons. The van der Waals surface area contributed by atoms with Crippen LogP contribution in [0.4, 0.5) is 5.69 Å². The summed E-state index contributed by atoms with van der Waals surface area (Å²) in [7, 11) is -3.93. The average molecular weight is 519 g/mol. The molecule has 3 rings (SSSR count). The van der Waals surface area contributed by atoms with Gasteiger partial charge in [0, 0.05) is 10.0 Å².